The van der Waals surface area contributed by atoms with E-state index in [4.69, 9.17) is 0 Å². The monoisotopic (exact) mass is 311 g/mol. The summed E-state index contributed by atoms with van der Waals surface area (Å²) in [5.41, 5.74) is 1.67. The van der Waals surface area contributed by atoms with Gasteiger partial charge in [-0.25, -0.2) is 21.9 Å². The van der Waals surface area contributed by atoms with E-state index < -0.39 is 15.8 Å². The second-order valence-corrected chi connectivity index (χ2v) is 6.58. The molecule has 0 radical (unpaired) electrons. The first kappa shape index (κ1) is 15.6. The van der Waals surface area contributed by atoms with Crippen LogP contribution >= 0.6 is 0 Å². The molecule has 6 heteroatoms. The quantitative estimate of drug-likeness (QED) is 0.943. The van der Waals surface area contributed by atoms with Crippen LogP contribution in [0.3, 0.4) is 0 Å². The third kappa shape index (κ3) is 3.65. The fourth-order valence-electron chi connectivity index (χ4n) is 1.89. The molecule has 2 aromatic carbocycles. The minimum atomic E-state index is -3.95. The zero-order valence-electron chi connectivity index (χ0n) is 11.7. The van der Waals surface area contributed by atoms with Gasteiger partial charge in [0.05, 0.1) is 0 Å². The number of halogens is 2. The van der Waals surface area contributed by atoms with Crippen molar-refractivity contribution < 1.29 is 17.2 Å². The average Bonchev–Trinajstić information content (AvgIpc) is 2.43. The van der Waals surface area contributed by atoms with Gasteiger partial charge < -0.3 is 0 Å². The molecular formula is C15H15F2NO2S. The fraction of sp³-hybridized carbons (Fsp3) is 0.200. The maximum absolute atomic E-state index is 13.6. The zero-order valence-corrected chi connectivity index (χ0v) is 12.5. The lowest BCUT2D eigenvalue weighted by molar-refractivity contribution is 0.556. The third-order valence-corrected chi connectivity index (χ3v) is 4.48. The highest BCUT2D eigenvalue weighted by molar-refractivity contribution is 7.89. The molecule has 21 heavy (non-hydrogen) atoms. The number of hydrogen-bond acceptors (Lipinski definition) is 2. The summed E-state index contributed by atoms with van der Waals surface area (Å²) in [6.07, 6.45) is 0. The first-order chi connectivity index (χ1) is 9.79. The van der Waals surface area contributed by atoms with E-state index in [1.54, 1.807) is 19.9 Å². The molecule has 0 aliphatic heterocycles. The molecule has 1 N–H and O–H groups in total. The predicted molar refractivity (Wildman–Crippen MR) is 76.3 cm³/mol. The molecular weight excluding hydrogens is 296 g/mol. The van der Waals surface area contributed by atoms with Crippen molar-refractivity contribution in [2.75, 3.05) is 0 Å². The van der Waals surface area contributed by atoms with Gasteiger partial charge in [0.2, 0.25) is 10.0 Å². The van der Waals surface area contributed by atoms with Gasteiger partial charge in [-0.3, -0.25) is 0 Å². The Hall–Kier alpha value is -1.79. The standard InChI is InChI=1S/C15H15F2NO2S/c1-10-3-5-14(17)15(7-10)21(19,20)18-9-12-4-6-13(16)11(2)8-12/h3-8,18H,9H2,1-2H3. The molecule has 0 aliphatic rings. The molecule has 0 heterocycles. The van der Waals surface area contributed by atoms with E-state index in [2.05, 4.69) is 4.72 Å². The molecule has 3 nitrogen and oxygen atoms in total. The Labute approximate surface area is 122 Å². The Bertz CT molecular complexity index is 773. The van der Waals surface area contributed by atoms with Crippen molar-refractivity contribution in [1.82, 2.24) is 4.72 Å². The Morgan fingerprint density at radius 2 is 1.67 bits per heavy atom. The zero-order chi connectivity index (χ0) is 15.6. The number of rotatable bonds is 4. The van der Waals surface area contributed by atoms with Crippen LogP contribution in [0.2, 0.25) is 0 Å². The lowest BCUT2D eigenvalue weighted by Gasteiger charge is -2.09. The highest BCUT2D eigenvalue weighted by atomic mass is 32.2. The summed E-state index contributed by atoms with van der Waals surface area (Å²) in [7, 11) is -3.95. The first-order valence-corrected chi connectivity index (χ1v) is 7.79. The van der Waals surface area contributed by atoms with E-state index in [9.17, 15) is 17.2 Å². The largest absolute Gasteiger partial charge is 0.243 e. The van der Waals surface area contributed by atoms with Gasteiger partial charge in [0, 0.05) is 6.54 Å². The molecule has 0 unspecified atom stereocenters. The van der Waals surface area contributed by atoms with Crippen molar-refractivity contribution in [2.45, 2.75) is 25.3 Å². The van der Waals surface area contributed by atoms with Crippen molar-refractivity contribution in [3.63, 3.8) is 0 Å². The summed E-state index contributed by atoms with van der Waals surface area (Å²) in [4.78, 5) is -0.388. The van der Waals surface area contributed by atoms with Crippen LogP contribution in [0.1, 0.15) is 16.7 Å². The number of benzene rings is 2. The minimum Gasteiger partial charge on any atom is -0.207 e. The summed E-state index contributed by atoms with van der Waals surface area (Å²) < 4.78 is 53.3. The molecule has 0 bridgehead atoms. The van der Waals surface area contributed by atoms with Crippen LogP contribution in [0, 0.1) is 25.5 Å². The maximum Gasteiger partial charge on any atom is 0.243 e. The fourth-order valence-corrected chi connectivity index (χ4v) is 3.07. The first-order valence-electron chi connectivity index (χ1n) is 6.30. The van der Waals surface area contributed by atoms with Crippen LogP contribution in [-0.4, -0.2) is 8.42 Å². The summed E-state index contributed by atoms with van der Waals surface area (Å²) in [5, 5.41) is 0. The molecule has 2 rings (SSSR count). The molecule has 0 saturated heterocycles. The van der Waals surface area contributed by atoms with Gasteiger partial charge >= 0.3 is 0 Å². The SMILES string of the molecule is Cc1ccc(F)c(S(=O)(=O)NCc2ccc(F)c(C)c2)c1. The lowest BCUT2D eigenvalue weighted by atomic mass is 10.1. The third-order valence-electron chi connectivity index (χ3n) is 3.06. The van der Waals surface area contributed by atoms with E-state index in [1.165, 1.54) is 24.3 Å². The van der Waals surface area contributed by atoms with Crippen LogP contribution in [0.25, 0.3) is 0 Å². The summed E-state index contributed by atoms with van der Waals surface area (Å²) in [6.45, 7) is 3.24. The molecule has 0 aromatic heterocycles. The van der Waals surface area contributed by atoms with Crippen molar-refractivity contribution in [1.29, 1.82) is 0 Å². The highest BCUT2D eigenvalue weighted by Crippen LogP contribution is 2.17. The summed E-state index contributed by atoms with van der Waals surface area (Å²) in [6, 6.07) is 8.19. The number of hydrogen-bond donors (Lipinski definition) is 1. The molecule has 0 fully saturated rings. The lowest BCUT2D eigenvalue weighted by Crippen LogP contribution is -2.24. The summed E-state index contributed by atoms with van der Waals surface area (Å²) >= 11 is 0. The second-order valence-electron chi connectivity index (χ2n) is 4.84. The van der Waals surface area contributed by atoms with E-state index in [0.29, 0.717) is 16.7 Å². The van der Waals surface area contributed by atoms with Gasteiger partial charge in [0.15, 0.2) is 0 Å². The van der Waals surface area contributed by atoms with Crippen molar-refractivity contribution >= 4 is 10.0 Å². The van der Waals surface area contributed by atoms with Crippen molar-refractivity contribution in [2.24, 2.45) is 0 Å². The maximum atomic E-state index is 13.6. The predicted octanol–water partition coefficient (Wildman–Crippen LogP) is 3.06. The van der Waals surface area contributed by atoms with Crippen LogP contribution < -0.4 is 4.72 Å². The molecule has 2 aromatic rings. The van der Waals surface area contributed by atoms with Gasteiger partial charge in [-0.15, -0.1) is 0 Å². The smallest absolute Gasteiger partial charge is 0.207 e. The van der Waals surface area contributed by atoms with Gasteiger partial charge in [-0.2, -0.15) is 0 Å². The van der Waals surface area contributed by atoms with Gasteiger partial charge in [0.25, 0.3) is 0 Å². The summed E-state index contributed by atoms with van der Waals surface area (Å²) in [5.74, 6) is -1.16. The van der Waals surface area contributed by atoms with Gasteiger partial charge in [-0.1, -0.05) is 18.2 Å². The Morgan fingerprint density at radius 1 is 1.00 bits per heavy atom. The van der Waals surface area contributed by atoms with Gasteiger partial charge in [0.1, 0.15) is 16.5 Å². The normalized spacial score (nSPS) is 11.6. The minimum absolute atomic E-state index is 0.0309. The average molecular weight is 311 g/mol. The highest BCUT2D eigenvalue weighted by Gasteiger charge is 2.18. The Morgan fingerprint density at radius 3 is 2.33 bits per heavy atom. The molecule has 0 amide bonds. The van der Waals surface area contributed by atoms with Crippen LogP contribution in [-0.2, 0) is 16.6 Å². The van der Waals surface area contributed by atoms with E-state index in [1.807, 2.05) is 0 Å². The molecule has 0 saturated carbocycles. The topological polar surface area (TPSA) is 46.2 Å². The van der Waals surface area contributed by atoms with Crippen LogP contribution in [0.4, 0.5) is 8.78 Å². The molecule has 0 spiro atoms. The molecule has 0 aliphatic carbocycles. The molecule has 112 valence electrons. The van der Waals surface area contributed by atoms with E-state index in [0.717, 1.165) is 6.07 Å². The van der Waals surface area contributed by atoms with E-state index >= 15 is 0 Å². The second kappa shape index (κ2) is 5.91. The van der Waals surface area contributed by atoms with Gasteiger partial charge in [-0.05, 0) is 48.7 Å². The number of nitrogens with one attached hydrogen (secondary N) is 1. The number of aryl methyl sites for hydroxylation is 2. The van der Waals surface area contributed by atoms with E-state index in [-0.39, 0.29) is 17.3 Å². The Kier molecular flexibility index (Phi) is 4.39. The molecule has 0 atom stereocenters. The van der Waals surface area contributed by atoms with Crippen molar-refractivity contribution in [3.05, 3.63) is 64.7 Å². The van der Waals surface area contributed by atoms with Crippen LogP contribution in [0.15, 0.2) is 41.3 Å². The number of sulfonamides is 1. The van der Waals surface area contributed by atoms with Crippen molar-refractivity contribution in [3.8, 4) is 0 Å². The Balaban J connectivity index is 2.21. The van der Waals surface area contributed by atoms with Crippen LogP contribution in [0.5, 0.6) is 0 Å².